The van der Waals surface area contributed by atoms with Gasteiger partial charge in [-0.1, -0.05) is 0 Å². The minimum atomic E-state index is -0.651. The molecule has 0 radical (unpaired) electrons. The summed E-state index contributed by atoms with van der Waals surface area (Å²) >= 11 is 3.01. The molecule has 0 N–H and O–H groups in total. The Morgan fingerprint density at radius 1 is 1.62 bits per heavy atom. The van der Waals surface area contributed by atoms with E-state index in [0.29, 0.717) is 0 Å². The van der Waals surface area contributed by atoms with Crippen molar-refractivity contribution in [2.24, 2.45) is 0 Å². The van der Waals surface area contributed by atoms with E-state index in [1.807, 2.05) is 6.07 Å². The molecule has 4 nitrogen and oxygen atoms in total. The van der Waals surface area contributed by atoms with Crippen LogP contribution in [0.4, 0.5) is 4.79 Å². The molecule has 74 valence electrons. The molecule has 0 spiro atoms. The lowest BCUT2D eigenvalue weighted by Crippen LogP contribution is -2.37. The Morgan fingerprint density at radius 3 is 2.38 bits per heavy atom. The number of hydrogen-bond acceptors (Lipinski definition) is 3. The Hall–Kier alpha value is -0.760. The lowest BCUT2D eigenvalue weighted by atomic mass is 10.2. The molecule has 1 amide bonds. The Bertz CT molecular complexity index is 229. The molecule has 0 aromatic heterocycles. The van der Waals surface area contributed by atoms with Crippen LogP contribution in [0.25, 0.3) is 0 Å². The van der Waals surface area contributed by atoms with Gasteiger partial charge in [-0.25, -0.2) is 4.79 Å². The van der Waals surface area contributed by atoms with Crippen molar-refractivity contribution in [1.29, 1.82) is 5.26 Å². The molecule has 0 fully saturated rings. The van der Waals surface area contributed by atoms with E-state index in [4.69, 9.17) is 10.00 Å². The van der Waals surface area contributed by atoms with Crippen molar-refractivity contribution in [2.45, 2.75) is 31.3 Å². The number of carbonyl (C=O) groups excluding carboxylic acids is 1. The first kappa shape index (κ1) is 12.2. The largest absolute Gasteiger partial charge is 0.444 e. The van der Waals surface area contributed by atoms with E-state index in [1.165, 1.54) is 11.9 Å². The molecule has 1 unspecified atom stereocenters. The lowest BCUT2D eigenvalue weighted by molar-refractivity contribution is 0.0307. The number of carbonyl (C=O) groups is 1. The van der Waals surface area contributed by atoms with Crippen LogP contribution in [0.3, 0.4) is 0 Å². The first-order valence-electron chi connectivity index (χ1n) is 3.77. The average Bonchev–Trinajstić information content (AvgIpc) is 1.98. The van der Waals surface area contributed by atoms with Crippen molar-refractivity contribution in [1.82, 2.24) is 4.90 Å². The molecular formula is C8H13BrN2O2. The molecule has 0 bridgehead atoms. The third kappa shape index (κ3) is 4.73. The van der Waals surface area contributed by atoms with Gasteiger partial charge in [0, 0.05) is 7.05 Å². The Morgan fingerprint density at radius 2 is 2.08 bits per heavy atom. The molecule has 0 aliphatic rings. The van der Waals surface area contributed by atoms with Gasteiger partial charge >= 0.3 is 6.09 Å². The smallest absolute Gasteiger partial charge is 0.411 e. The molecule has 0 aromatic rings. The van der Waals surface area contributed by atoms with Crippen molar-refractivity contribution in [2.75, 3.05) is 7.05 Å². The van der Waals surface area contributed by atoms with Crippen molar-refractivity contribution >= 4 is 22.0 Å². The zero-order valence-electron chi connectivity index (χ0n) is 8.17. The predicted molar refractivity (Wildman–Crippen MR) is 52.3 cm³/mol. The molecule has 5 heteroatoms. The molecule has 0 aliphatic carbocycles. The zero-order valence-corrected chi connectivity index (χ0v) is 9.75. The van der Waals surface area contributed by atoms with E-state index in [0.717, 1.165) is 0 Å². The van der Waals surface area contributed by atoms with Gasteiger partial charge < -0.3 is 4.74 Å². The van der Waals surface area contributed by atoms with Crippen LogP contribution < -0.4 is 0 Å². The van der Waals surface area contributed by atoms with E-state index in [2.05, 4.69) is 15.9 Å². The maximum atomic E-state index is 11.3. The first-order chi connectivity index (χ1) is 5.78. The maximum Gasteiger partial charge on any atom is 0.411 e. The highest BCUT2D eigenvalue weighted by molar-refractivity contribution is 9.09. The van der Waals surface area contributed by atoms with Gasteiger partial charge in [0.05, 0.1) is 6.07 Å². The van der Waals surface area contributed by atoms with E-state index in [-0.39, 0.29) is 0 Å². The number of alkyl halides is 1. The maximum absolute atomic E-state index is 11.3. The van der Waals surface area contributed by atoms with Crippen molar-refractivity contribution in [3.8, 4) is 6.07 Å². The van der Waals surface area contributed by atoms with Crippen LogP contribution in [0, 0.1) is 11.3 Å². The minimum absolute atomic E-state index is 0.518. The topological polar surface area (TPSA) is 53.3 Å². The van der Waals surface area contributed by atoms with E-state index in [9.17, 15) is 4.79 Å². The standard InChI is InChI=1S/C8H13BrN2O2/c1-8(2,3)13-7(12)11(4)6(9)5-10/h6H,1-4H3. The minimum Gasteiger partial charge on any atom is -0.444 e. The van der Waals surface area contributed by atoms with Crippen LogP contribution in [-0.4, -0.2) is 28.6 Å². The van der Waals surface area contributed by atoms with Gasteiger partial charge in [-0.05, 0) is 36.7 Å². The third-order valence-corrected chi connectivity index (χ3v) is 1.95. The molecule has 0 heterocycles. The fraction of sp³-hybridized carbons (Fsp3) is 0.750. The Labute approximate surface area is 86.6 Å². The quantitative estimate of drug-likeness (QED) is 0.528. The first-order valence-corrected chi connectivity index (χ1v) is 4.69. The van der Waals surface area contributed by atoms with Crippen LogP contribution in [0.15, 0.2) is 0 Å². The summed E-state index contributed by atoms with van der Waals surface area (Å²) in [6.45, 7) is 5.32. The van der Waals surface area contributed by atoms with Crippen molar-refractivity contribution in [3.05, 3.63) is 0 Å². The van der Waals surface area contributed by atoms with Crippen LogP contribution in [0.5, 0.6) is 0 Å². The van der Waals surface area contributed by atoms with Gasteiger partial charge in [-0.3, -0.25) is 4.90 Å². The van der Waals surface area contributed by atoms with E-state index in [1.54, 1.807) is 20.8 Å². The molecule has 0 aliphatic heterocycles. The summed E-state index contributed by atoms with van der Waals surface area (Å²) in [5.74, 6) is 0. The van der Waals surface area contributed by atoms with Crippen LogP contribution >= 0.6 is 15.9 Å². The van der Waals surface area contributed by atoms with Gasteiger partial charge in [0.1, 0.15) is 5.60 Å². The second-order valence-electron chi connectivity index (χ2n) is 3.56. The number of ether oxygens (including phenoxy) is 1. The Kier molecular flexibility index (Phi) is 4.21. The summed E-state index contributed by atoms with van der Waals surface area (Å²) in [5.41, 5.74) is -0.534. The summed E-state index contributed by atoms with van der Waals surface area (Å²) < 4.78 is 5.03. The number of hydrogen-bond donors (Lipinski definition) is 0. The van der Waals surface area contributed by atoms with E-state index >= 15 is 0 Å². The number of amides is 1. The van der Waals surface area contributed by atoms with E-state index < -0.39 is 16.6 Å². The van der Waals surface area contributed by atoms with Gasteiger partial charge in [0.15, 0.2) is 4.95 Å². The number of rotatable bonds is 1. The SMILES string of the molecule is CN(C(=O)OC(C)(C)C)C(Br)C#N. The number of halogens is 1. The summed E-state index contributed by atoms with van der Waals surface area (Å²) in [6.07, 6.45) is -0.518. The lowest BCUT2D eigenvalue weighted by Gasteiger charge is -2.24. The van der Waals surface area contributed by atoms with Gasteiger partial charge in [-0.15, -0.1) is 0 Å². The summed E-state index contributed by atoms with van der Waals surface area (Å²) in [4.78, 5) is 11.8. The molecule has 1 atom stereocenters. The Balaban J connectivity index is 4.22. The van der Waals surface area contributed by atoms with Gasteiger partial charge in [0.25, 0.3) is 0 Å². The fourth-order valence-electron chi connectivity index (χ4n) is 0.513. The summed E-state index contributed by atoms with van der Waals surface area (Å²) in [7, 11) is 1.50. The number of nitriles is 1. The highest BCUT2D eigenvalue weighted by Crippen LogP contribution is 2.12. The third-order valence-electron chi connectivity index (χ3n) is 1.13. The predicted octanol–water partition coefficient (Wildman–Crippen LogP) is 2.10. The molecular weight excluding hydrogens is 236 g/mol. The van der Waals surface area contributed by atoms with Crippen molar-refractivity contribution < 1.29 is 9.53 Å². The second-order valence-corrected chi connectivity index (χ2v) is 4.42. The number of nitrogens with zero attached hydrogens (tertiary/aromatic N) is 2. The van der Waals surface area contributed by atoms with Gasteiger partial charge in [0.2, 0.25) is 0 Å². The summed E-state index contributed by atoms with van der Waals surface area (Å²) in [5, 5.41) is 8.51. The second kappa shape index (κ2) is 4.47. The fourth-order valence-corrected chi connectivity index (χ4v) is 0.680. The molecule has 0 saturated heterocycles. The molecule has 0 rings (SSSR count). The van der Waals surface area contributed by atoms with Crippen molar-refractivity contribution in [3.63, 3.8) is 0 Å². The highest BCUT2D eigenvalue weighted by Gasteiger charge is 2.23. The zero-order chi connectivity index (χ0) is 10.6. The average molecular weight is 249 g/mol. The molecule has 0 saturated carbocycles. The van der Waals surface area contributed by atoms with Crippen LogP contribution in [-0.2, 0) is 4.74 Å². The molecule has 13 heavy (non-hydrogen) atoms. The normalized spacial score (nSPS) is 12.9. The summed E-state index contributed by atoms with van der Waals surface area (Å²) in [6, 6.07) is 1.87. The molecule has 0 aromatic carbocycles. The highest BCUT2D eigenvalue weighted by atomic mass is 79.9. The monoisotopic (exact) mass is 248 g/mol. The van der Waals surface area contributed by atoms with Crippen LogP contribution in [0.1, 0.15) is 20.8 Å². The van der Waals surface area contributed by atoms with Crippen LogP contribution in [0.2, 0.25) is 0 Å². The van der Waals surface area contributed by atoms with Gasteiger partial charge in [-0.2, -0.15) is 5.26 Å².